The van der Waals surface area contributed by atoms with Crippen LogP contribution in [0, 0.1) is 0 Å². The van der Waals surface area contributed by atoms with Crippen LogP contribution in [-0.2, 0) is 38.6 Å². The molecule has 0 atom stereocenters. The second-order valence-corrected chi connectivity index (χ2v) is 14.2. The Hall–Kier alpha value is -5.90. The number of nitrogens with one attached hydrogen (secondary N) is 1. The third kappa shape index (κ3) is 13.3. The van der Waals surface area contributed by atoms with Gasteiger partial charge >= 0.3 is 18.0 Å². The molecule has 10 heteroatoms. The van der Waals surface area contributed by atoms with Crippen LogP contribution in [0.15, 0.2) is 97.1 Å². The molecule has 4 aromatic carbocycles. The lowest BCUT2D eigenvalue weighted by Crippen LogP contribution is -2.27. The molecule has 0 radical (unpaired) electrons. The predicted octanol–water partition coefficient (Wildman–Crippen LogP) is 9.15. The first-order valence-corrected chi connectivity index (χ1v) is 17.4. The lowest BCUT2D eigenvalue weighted by Gasteiger charge is -2.20. The molecule has 0 saturated carbocycles. The average Bonchev–Trinajstić information content (AvgIpc) is 3.10. The van der Waals surface area contributed by atoms with Crippen molar-refractivity contribution in [3.63, 3.8) is 0 Å². The summed E-state index contributed by atoms with van der Waals surface area (Å²) in [5.74, 6) is -0.509. The molecule has 0 spiro atoms. The zero-order valence-corrected chi connectivity index (χ0v) is 31.1. The molecule has 0 aromatic heterocycles. The smallest absolute Gasteiger partial charge is 0.412 e. The minimum atomic E-state index is -0.696. The number of anilines is 1. The fourth-order valence-electron chi connectivity index (χ4n) is 5.09. The molecule has 0 aliphatic heterocycles. The third-order valence-electron chi connectivity index (χ3n) is 7.37. The Bertz CT molecular complexity index is 1890. The summed E-state index contributed by atoms with van der Waals surface area (Å²) in [5.41, 5.74) is 2.43. The molecule has 0 bridgehead atoms. The van der Waals surface area contributed by atoms with Gasteiger partial charge < -0.3 is 23.7 Å². The van der Waals surface area contributed by atoms with Crippen molar-refractivity contribution in [3.05, 3.63) is 130 Å². The van der Waals surface area contributed by atoms with E-state index < -0.39 is 29.2 Å². The Morgan fingerprint density at radius 1 is 0.736 bits per heavy atom. The Morgan fingerprint density at radius 2 is 1.38 bits per heavy atom. The van der Waals surface area contributed by atoms with E-state index in [9.17, 15) is 19.2 Å². The number of rotatable bonds is 15. The molecular weight excluding hydrogens is 674 g/mol. The maximum atomic E-state index is 13.3. The quantitative estimate of drug-likeness (QED) is 0.0420. The van der Waals surface area contributed by atoms with Crippen LogP contribution in [0.25, 0.3) is 6.08 Å². The van der Waals surface area contributed by atoms with Crippen molar-refractivity contribution in [2.24, 2.45) is 0 Å². The Kier molecular flexibility index (Phi) is 14.0. The second-order valence-electron chi connectivity index (χ2n) is 14.2. The maximum Gasteiger partial charge on any atom is 0.412 e. The van der Waals surface area contributed by atoms with Crippen molar-refractivity contribution in [1.82, 2.24) is 0 Å². The Balaban J connectivity index is 1.56. The first-order valence-electron chi connectivity index (χ1n) is 17.4. The number of hydrogen-bond acceptors (Lipinski definition) is 9. The van der Waals surface area contributed by atoms with Crippen LogP contribution in [0.3, 0.4) is 0 Å². The highest BCUT2D eigenvalue weighted by Crippen LogP contribution is 2.35. The SMILES string of the molecule is CC(C)(C)OC(=O)/C=C/c1ccc(OCc2ccccc2)c(OCCCc2cc(NC(=O)OC(C)(C)C)ccc2C(=O)OCc2ccccc2)c1C=O. The summed E-state index contributed by atoms with van der Waals surface area (Å²) in [6.45, 7) is 11.1. The molecular formula is C43H47NO9. The first-order chi connectivity index (χ1) is 25.2. The minimum absolute atomic E-state index is 0.0963. The van der Waals surface area contributed by atoms with Gasteiger partial charge in [-0.15, -0.1) is 0 Å². The van der Waals surface area contributed by atoms with Crippen molar-refractivity contribution >= 4 is 36.1 Å². The van der Waals surface area contributed by atoms with Crippen molar-refractivity contribution in [2.75, 3.05) is 11.9 Å². The van der Waals surface area contributed by atoms with E-state index in [1.807, 2.05) is 60.7 Å². The molecule has 53 heavy (non-hydrogen) atoms. The molecule has 1 N–H and O–H groups in total. The van der Waals surface area contributed by atoms with E-state index in [1.165, 1.54) is 12.2 Å². The molecule has 4 aromatic rings. The van der Waals surface area contributed by atoms with E-state index in [-0.39, 0.29) is 31.1 Å². The summed E-state index contributed by atoms with van der Waals surface area (Å²) in [6, 6.07) is 27.2. The van der Waals surface area contributed by atoms with Crippen LogP contribution in [0.2, 0.25) is 0 Å². The van der Waals surface area contributed by atoms with Crippen LogP contribution in [-0.4, -0.2) is 42.1 Å². The van der Waals surface area contributed by atoms with Gasteiger partial charge in [0.1, 0.15) is 24.4 Å². The molecule has 10 nitrogen and oxygen atoms in total. The van der Waals surface area contributed by atoms with Gasteiger partial charge in [0.05, 0.1) is 17.7 Å². The number of aryl methyl sites for hydroxylation is 1. The molecule has 1 amide bonds. The van der Waals surface area contributed by atoms with Gasteiger partial charge in [0.15, 0.2) is 17.8 Å². The highest BCUT2D eigenvalue weighted by molar-refractivity contribution is 5.93. The average molecular weight is 722 g/mol. The minimum Gasteiger partial charge on any atom is -0.489 e. The number of aldehydes is 1. The molecule has 0 fully saturated rings. The van der Waals surface area contributed by atoms with Crippen molar-refractivity contribution in [2.45, 2.75) is 78.8 Å². The molecule has 0 aliphatic rings. The summed E-state index contributed by atoms with van der Waals surface area (Å²) < 4.78 is 28.8. The van der Waals surface area contributed by atoms with Crippen LogP contribution in [0.1, 0.15) is 90.9 Å². The topological polar surface area (TPSA) is 126 Å². The highest BCUT2D eigenvalue weighted by atomic mass is 16.6. The Morgan fingerprint density at radius 3 is 2.00 bits per heavy atom. The summed E-state index contributed by atoms with van der Waals surface area (Å²) >= 11 is 0. The first kappa shape index (κ1) is 39.9. The number of ether oxygens (including phenoxy) is 5. The van der Waals surface area contributed by atoms with Gasteiger partial charge in [-0.3, -0.25) is 10.1 Å². The highest BCUT2D eigenvalue weighted by Gasteiger charge is 2.20. The fourth-order valence-corrected chi connectivity index (χ4v) is 5.09. The van der Waals surface area contributed by atoms with Gasteiger partial charge in [0.2, 0.25) is 0 Å². The molecule has 4 rings (SSSR count). The number of amides is 1. The molecule has 0 aliphatic carbocycles. The summed E-state index contributed by atoms with van der Waals surface area (Å²) in [4.78, 5) is 50.7. The van der Waals surface area contributed by atoms with Gasteiger partial charge in [0, 0.05) is 11.8 Å². The van der Waals surface area contributed by atoms with Gasteiger partial charge in [-0.05, 0) is 107 Å². The monoisotopic (exact) mass is 721 g/mol. The van der Waals surface area contributed by atoms with Gasteiger partial charge in [-0.2, -0.15) is 0 Å². The van der Waals surface area contributed by atoms with Crippen molar-refractivity contribution in [1.29, 1.82) is 0 Å². The molecule has 0 heterocycles. The van der Waals surface area contributed by atoms with E-state index in [4.69, 9.17) is 23.7 Å². The molecule has 278 valence electrons. The summed E-state index contributed by atoms with van der Waals surface area (Å²) in [6.07, 6.45) is 3.56. The van der Waals surface area contributed by atoms with Gasteiger partial charge in [0.25, 0.3) is 0 Å². The van der Waals surface area contributed by atoms with Gasteiger partial charge in [-0.25, -0.2) is 14.4 Å². The number of benzene rings is 4. The lowest BCUT2D eigenvalue weighted by atomic mass is 10.0. The van der Waals surface area contributed by atoms with E-state index in [0.29, 0.717) is 47.3 Å². The normalized spacial score (nSPS) is 11.4. The van der Waals surface area contributed by atoms with Crippen LogP contribution in [0.4, 0.5) is 10.5 Å². The summed E-state index contributed by atoms with van der Waals surface area (Å²) in [7, 11) is 0. The van der Waals surface area contributed by atoms with E-state index in [2.05, 4.69) is 5.32 Å². The lowest BCUT2D eigenvalue weighted by molar-refractivity contribution is -0.148. The second kappa shape index (κ2) is 18.5. The molecule has 0 unspecified atom stereocenters. The van der Waals surface area contributed by atoms with Crippen LogP contribution in [0.5, 0.6) is 11.5 Å². The maximum absolute atomic E-state index is 13.3. The number of carbonyl (C=O) groups excluding carboxylic acids is 4. The standard InChI is InChI=1S/C43H47NO9/c1-42(2,3)52-38(46)24-20-32-19-23-37(50-28-30-14-9-7-10-15-30)39(36(32)27-45)49-25-13-18-33-26-34(44-41(48)53-43(4,5)6)21-22-35(33)40(47)51-29-31-16-11-8-12-17-31/h7-12,14-17,19-24,26-27H,13,18,25,28-29H2,1-6H3,(H,44,48)/b24-20+. The van der Waals surface area contributed by atoms with Gasteiger partial charge in [-0.1, -0.05) is 66.7 Å². The van der Waals surface area contributed by atoms with Crippen LogP contribution < -0.4 is 14.8 Å². The zero-order valence-electron chi connectivity index (χ0n) is 31.1. The predicted molar refractivity (Wildman–Crippen MR) is 203 cm³/mol. The molecule has 0 saturated heterocycles. The zero-order chi connectivity index (χ0) is 38.4. The van der Waals surface area contributed by atoms with Crippen LogP contribution >= 0.6 is 0 Å². The van der Waals surface area contributed by atoms with Crippen molar-refractivity contribution in [3.8, 4) is 11.5 Å². The number of carbonyl (C=O) groups is 4. The van der Waals surface area contributed by atoms with Crippen molar-refractivity contribution < 1.29 is 42.9 Å². The largest absolute Gasteiger partial charge is 0.489 e. The van der Waals surface area contributed by atoms with E-state index in [1.54, 1.807) is 71.9 Å². The van der Waals surface area contributed by atoms with E-state index in [0.717, 1.165) is 11.1 Å². The summed E-state index contributed by atoms with van der Waals surface area (Å²) in [5, 5.41) is 2.73. The third-order valence-corrected chi connectivity index (χ3v) is 7.37. The fraction of sp³-hybridized carbons (Fsp3) is 0.302. The Labute approximate surface area is 311 Å². The number of hydrogen-bond donors (Lipinski definition) is 1. The van der Waals surface area contributed by atoms with E-state index >= 15 is 0 Å². The number of esters is 2.